The number of aryl methyl sites for hydroxylation is 1. The second-order valence-corrected chi connectivity index (χ2v) is 5.06. The first-order valence-electron chi connectivity index (χ1n) is 7.01. The van der Waals surface area contributed by atoms with Gasteiger partial charge in [-0.2, -0.15) is 0 Å². The van der Waals surface area contributed by atoms with Crippen LogP contribution in [-0.2, 0) is 14.3 Å². The topological polar surface area (TPSA) is 76.7 Å². The van der Waals surface area contributed by atoms with Gasteiger partial charge in [-0.25, -0.2) is 0 Å². The molecular formula is C15H20N2O4. The highest BCUT2D eigenvalue weighted by molar-refractivity contribution is 5.86. The zero-order valence-electron chi connectivity index (χ0n) is 12.2. The summed E-state index contributed by atoms with van der Waals surface area (Å²) in [7, 11) is 0. The fourth-order valence-electron chi connectivity index (χ4n) is 2.04. The van der Waals surface area contributed by atoms with Crippen molar-refractivity contribution in [2.24, 2.45) is 0 Å². The number of hydrogen-bond acceptors (Lipinski definition) is 4. The molecule has 0 spiro atoms. The van der Waals surface area contributed by atoms with Crippen LogP contribution in [0, 0.1) is 6.92 Å². The second-order valence-electron chi connectivity index (χ2n) is 5.06. The fraction of sp³-hybridized carbons (Fsp3) is 0.467. The summed E-state index contributed by atoms with van der Waals surface area (Å²) in [5.74, 6) is -0.130. The van der Waals surface area contributed by atoms with Crippen LogP contribution in [0.3, 0.4) is 0 Å². The molecule has 1 aliphatic heterocycles. The van der Waals surface area contributed by atoms with Crippen molar-refractivity contribution < 1.29 is 19.1 Å². The summed E-state index contributed by atoms with van der Waals surface area (Å²) in [5.41, 5.74) is 5.76. The largest absolute Gasteiger partial charge is 0.481 e. The minimum Gasteiger partial charge on any atom is -0.481 e. The van der Waals surface area contributed by atoms with Gasteiger partial charge in [0.15, 0.2) is 6.10 Å². The first-order chi connectivity index (χ1) is 10.1. The quantitative estimate of drug-likeness (QED) is 0.814. The van der Waals surface area contributed by atoms with Crippen LogP contribution in [0.5, 0.6) is 5.75 Å². The van der Waals surface area contributed by atoms with Gasteiger partial charge in [0.25, 0.3) is 11.8 Å². The Morgan fingerprint density at radius 3 is 2.86 bits per heavy atom. The maximum Gasteiger partial charge on any atom is 0.279 e. The maximum absolute atomic E-state index is 11.9. The van der Waals surface area contributed by atoms with E-state index in [4.69, 9.17) is 9.47 Å². The molecule has 2 N–H and O–H groups in total. The van der Waals surface area contributed by atoms with Crippen LogP contribution in [0.25, 0.3) is 0 Å². The molecule has 0 radical (unpaired) electrons. The van der Waals surface area contributed by atoms with Gasteiger partial charge in [0.05, 0.1) is 0 Å². The average Bonchev–Trinajstić information content (AvgIpc) is 2.98. The summed E-state index contributed by atoms with van der Waals surface area (Å²) in [5, 5.41) is 0. The lowest BCUT2D eigenvalue weighted by Crippen LogP contribution is -2.50. The van der Waals surface area contributed by atoms with E-state index in [1.54, 1.807) is 13.0 Å². The lowest BCUT2D eigenvalue weighted by atomic mass is 10.2. The highest BCUT2D eigenvalue weighted by Crippen LogP contribution is 2.14. The Kier molecular flexibility index (Phi) is 5.16. The van der Waals surface area contributed by atoms with Crippen molar-refractivity contribution >= 4 is 11.8 Å². The smallest absolute Gasteiger partial charge is 0.279 e. The molecule has 0 aromatic heterocycles. The minimum atomic E-state index is -0.711. The molecule has 1 aliphatic rings. The number of ether oxygens (including phenoxy) is 2. The monoisotopic (exact) mass is 292 g/mol. The number of rotatable bonds is 4. The van der Waals surface area contributed by atoms with Crippen molar-refractivity contribution in [1.82, 2.24) is 10.9 Å². The number of benzene rings is 1. The van der Waals surface area contributed by atoms with Gasteiger partial charge in [-0.1, -0.05) is 12.1 Å². The van der Waals surface area contributed by atoms with E-state index < -0.39 is 18.1 Å². The Balaban J connectivity index is 1.78. The number of hydrogen-bond donors (Lipinski definition) is 2. The molecule has 2 atom stereocenters. The van der Waals surface area contributed by atoms with Crippen LogP contribution in [0.1, 0.15) is 25.3 Å². The highest BCUT2D eigenvalue weighted by Gasteiger charge is 2.24. The summed E-state index contributed by atoms with van der Waals surface area (Å²) in [6.45, 7) is 4.15. The van der Waals surface area contributed by atoms with Crippen molar-refractivity contribution in [2.45, 2.75) is 38.9 Å². The molecule has 1 aromatic rings. The zero-order valence-corrected chi connectivity index (χ0v) is 12.2. The molecule has 1 aromatic carbocycles. The van der Waals surface area contributed by atoms with E-state index in [0.29, 0.717) is 18.8 Å². The Morgan fingerprint density at radius 2 is 2.19 bits per heavy atom. The van der Waals surface area contributed by atoms with Crippen LogP contribution in [0.4, 0.5) is 0 Å². The fourth-order valence-corrected chi connectivity index (χ4v) is 2.04. The van der Waals surface area contributed by atoms with Gasteiger partial charge >= 0.3 is 0 Å². The molecule has 1 fully saturated rings. The molecule has 6 nitrogen and oxygen atoms in total. The second kappa shape index (κ2) is 7.08. The predicted molar refractivity (Wildman–Crippen MR) is 76.5 cm³/mol. The Morgan fingerprint density at radius 1 is 1.38 bits per heavy atom. The van der Waals surface area contributed by atoms with Crippen LogP contribution in [0.2, 0.25) is 0 Å². The summed E-state index contributed by atoms with van der Waals surface area (Å²) >= 11 is 0. The molecule has 1 heterocycles. The van der Waals surface area contributed by atoms with Gasteiger partial charge in [-0.3, -0.25) is 20.4 Å². The van der Waals surface area contributed by atoms with Crippen molar-refractivity contribution in [3.8, 4) is 5.75 Å². The number of amides is 2. The molecule has 0 bridgehead atoms. The minimum absolute atomic E-state index is 0.330. The number of carbonyl (C=O) groups is 2. The van der Waals surface area contributed by atoms with Crippen LogP contribution >= 0.6 is 0 Å². The SMILES string of the molecule is Cc1cccc(OC(C)C(=O)NNC(=O)C2CCCO2)c1. The maximum atomic E-state index is 11.9. The van der Waals surface area contributed by atoms with E-state index in [2.05, 4.69) is 10.9 Å². The van der Waals surface area contributed by atoms with E-state index in [0.717, 1.165) is 12.0 Å². The van der Waals surface area contributed by atoms with Crippen LogP contribution in [-0.4, -0.2) is 30.6 Å². The van der Waals surface area contributed by atoms with Crippen molar-refractivity contribution in [2.75, 3.05) is 6.61 Å². The average molecular weight is 292 g/mol. The normalized spacial score (nSPS) is 18.9. The first-order valence-corrected chi connectivity index (χ1v) is 7.01. The molecule has 114 valence electrons. The summed E-state index contributed by atoms with van der Waals surface area (Å²) < 4.78 is 10.7. The molecule has 2 rings (SSSR count). The Hall–Kier alpha value is -2.08. The number of hydrazine groups is 1. The molecule has 2 unspecified atom stereocenters. The highest BCUT2D eigenvalue weighted by atomic mass is 16.5. The van der Waals surface area contributed by atoms with Gasteiger partial charge < -0.3 is 9.47 Å². The Bertz CT molecular complexity index is 512. The van der Waals surface area contributed by atoms with Crippen LogP contribution < -0.4 is 15.6 Å². The van der Waals surface area contributed by atoms with Crippen molar-refractivity contribution in [3.63, 3.8) is 0 Å². The lowest BCUT2D eigenvalue weighted by molar-refractivity contribution is -0.136. The van der Waals surface area contributed by atoms with Gasteiger partial charge in [-0.05, 0) is 44.4 Å². The summed E-state index contributed by atoms with van der Waals surface area (Å²) in [6, 6.07) is 7.42. The molecular weight excluding hydrogens is 272 g/mol. The third-order valence-electron chi connectivity index (χ3n) is 3.20. The van der Waals surface area contributed by atoms with Crippen LogP contribution in [0.15, 0.2) is 24.3 Å². The number of carbonyl (C=O) groups excluding carboxylic acids is 2. The standard InChI is InChI=1S/C15H20N2O4/c1-10-5-3-6-12(9-10)21-11(2)14(18)16-17-15(19)13-7-4-8-20-13/h3,5-6,9,11,13H,4,7-8H2,1-2H3,(H,16,18)(H,17,19). The van der Waals surface area contributed by atoms with E-state index in [9.17, 15) is 9.59 Å². The van der Waals surface area contributed by atoms with Crippen molar-refractivity contribution in [1.29, 1.82) is 0 Å². The third-order valence-corrected chi connectivity index (χ3v) is 3.20. The van der Waals surface area contributed by atoms with E-state index in [1.807, 2.05) is 25.1 Å². The Labute approximate surface area is 123 Å². The number of nitrogens with one attached hydrogen (secondary N) is 2. The summed E-state index contributed by atoms with van der Waals surface area (Å²) in [6.07, 6.45) is 0.352. The molecule has 6 heteroatoms. The molecule has 1 saturated heterocycles. The van der Waals surface area contributed by atoms with Crippen molar-refractivity contribution in [3.05, 3.63) is 29.8 Å². The first kappa shape index (κ1) is 15.3. The zero-order chi connectivity index (χ0) is 15.2. The van der Waals surface area contributed by atoms with E-state index in [1.165, 1.54) is 0 Å². The van der Waals surface area contributed by atoms with E-state index >= 15 is 0 Å². The van der Waals surface area contributed by atoms with E-state index in [-0.39, 0.29) is 5.91 Å². The van der Waals surface area contributed by atoms with Gasteiger partial charge in [0.2, 0.25) is 0 Å². The molecule has 0 aliphatic carbocycles. The van der Waals surface area contributed by atoms with Gasteiger partial charge in [0.1, 0.15) is 11.9 Å². The molecule has 2 amide bonds. The van der Waals surface area contributed by atoms with Gasteiger partial charge in [0, 0.05) is 6.61 Å². The molecule has 0 saturated carbocycles. The molecule has 21 heavy (non-hydrogen) atoms. The summed E-state index contributed by atoms with van der Waals surface area (Å²) in [4.78, 5) is 23.5. The lowest BCUT2D eigenvalue weighted by Gasteiger charge is -2.16. The predicted octanol–water partition coefficient (Wildman–Crippen LogP) is 1.09. The van der Waals surface area contributed by atoms with Gasteiger partial charge in [-0.15, -0.1) is 0 Å². The third kappa shape index (κ3) is 4.46.